The Morgan fingerprint density at radius 2 is 1.83 bits per heavy atom. The van der Waals surface area contributed by atoms with Crippen molar-refractivity contribution in [2.45, 2.75) is 12.3 Å². The predicted molar refractivity (Wildman–Crippen MR) is 49.0 cm³/mol. The highest BCUT2D eigenvalue weighted by molar-refractivity contribution is 5.41. The molecule has 1 heterocycles. The number of benzene rings is 1. The van der Waals surface area contributed by atoms with E-state index in [1.54, 1.807) is 0 Å². The van der Waals surface area contributed by atoms with Gasteiger partial charge in [-0.25, -0.2) is 0 Å². The molecule has 1 aromatic carbocycles. The molecule has 1 fully saturated rings. The van der Waals surface area contributed by atoms with E-state index in [0.29, 0.717) is 0 Å². The summed E-state index contributed by atoms with van der Waals surface area (Å²) in [7, 11) is 0. The maximum absolute atomic E-state index is 5.60. The molecule has 2 heteroatoms. The summed E-state index contributed by atoms with van der Waals surface area (Å²) < 4.78 is 5.19. The largest absolute Gasteiger partial charge is 0.399 e. The zero-order valence-electron chi connectivity index (χ0n) is 7.21. The quantitative estimate of drug-likeness (QED) is 0.637. The topological polar surface area (TPSA) is 35.2 Å². The van der Waals surface area contributed by atoms with Crippen molar-refractivity contribution in [3.63, 3.8) is 0 Å². The van der Waals surface area contributed by atoms with E-state index in [2.05, 4.69) is 19.1 Å². The van der Waals surface area contributed by atoms with Gasteiger partial charge in [0, 0.05) is 11.1 Å². The molecule has 2 nitrogen and oxygen atoms in total. The second-order valence-corrected chi connectivity index (χ2v) is 3.68. The van der Waals surface area contributed by atoms with Gasteiger partial charge < -0.3 is 10.5 Å². The van der Waals surface area contributed by atoms with Crippen molar-refractivity contribution in [2.24, 2.45) is 0 Å². The van der Waals surface area contributed by atoms with Crippen LogP contribution in [-0.2, 0) is 10.2 Å². The third-order valence-electron chi connectivity index (χ3n) is 2.45. The van der Waals surface area contributed by atoms with Crippen LogP contribution in [-0.4, -0.2) is 13.2 Å². The molecule has 0 amide bonds. The number of ether oxygens (including phenoxy) is 1. The van der Waals surface area contributed by atoms with Crippen molar-refractivity contribution in [1.29, 1.82) is 0 Å². The van der Waals surface area contributed by atoms with Gasteiger partial charge in [-0.2, -0.15) is 0 Å². The molecule has 0 aliphatic carbocycles. The van der Waals surface area contributed by atoms with E-state index < -0.39 is 0 Å². The molecule has 0 radical (unpaired) electrons. The number of nitrogens with two attached hydrogens (primary N) is 1. The van der Waals surface area contributed by atoms with Crippen molar-refractivity contribution < 1.29 is 4.74 Å². The van der Waals surface area contributed by atoms with Crippen molar-refractivity contribution in [3.8, 4) is 0 Å². The lowest BCUT2D eigenvalue weighted by Crippen LogP contribution is -2.43. The normalized spacial score (nSPS) is 20.1. The van der Waals surface area contributed by atoms with Crippen molar-refractivity contribution in [2.75, 3.05) is 18.9 Å². The first kappa shape index (κ1) is 7.62. The molecule has 0 unspecified atom stereocenters. The van der Waals surface area contributed by atoms with Crippen molar-refractivity contribution in [1.82, 2.24) is 0 Å². The third kappa shape index (κ3) is 1.08. The van der Waals surface area contributed by atoms with Gasteiger partial charge in [0.1, 0.15) is 0 Å². The molecule has 0 spiro atoms. The summed E-state index contributed by atoms with van der Waals surface area (Å²) in [6.07, 6.45) is 0. The highest BCUT2D eigenvalue weighted by Crippen LogP contribution is 2.31. The predicted octanol–water partition coefficient (Wildman–Crippen LogP) is 1.56. The van der Waals surface area contributed by atoms with Gasteiger partial charge >= 0.3 is 0 Å². The summed E-state index contributed by atoms with van der Waals surface area (Å²) >= 11 is 0. The van der Waals surface area contributed by atoms with Gasteiger partial charge in [-0.3, -0.25) is 0 Å². The van der Waals surface area contributed by atoms with E-state index >= 15 is 0 Å². The lowest BCUT2D eigenvalue weighted by Gasteiger charge is -2.38. The summed E-state index contributed by atoms with van der Waals surface area (Å²) in [4.78, 5) is 0. The molecule has 0 saturated carbocycles. The van der Waals surface area contributed by atoms with Crippen molar-refractivity contribution in [3.05, 3.63) is 29.8 Å². The summed E-state index contributed by atoms with van der Waals surface area (Å²) in [6, 6.07) is 8.05. The van der Waals surface area contributed by atoms with Gasteiger partial charge in [-0.15, -0.1) is 0 Å². The molecule has 1 saturated heterocycles. The SMILES string of the molecule is CC1(c2ccc(N)cc2)COC1. The Morgan fingerprint density at radius 3 is 2.25 bits per heavy atom. The minimum absolute atomic E-state index is 0.230. The molecule has 1 aliphatic heterocycles. The van der Waals surface area contributed by atoms with Crippen LogP contribution in [0.25, 0.3) is 0 Å². The lowest BCUT2D eigenvalue weighted by molar-refractivity contribution is -0.0499. The number of anilines is 1. The van der Waals surface area contributed by atoms with Gasteiger partial charge in [0.05, 0.1) is 13.2 Å². The van der Waals surface area contributed by atoms with Gasteiger partial charge in [-0.05, 0) is 17.7 Å². The molecule has 0 aromatic heterocycles. The Hall–Kier alpha value is -1.02. The molecule has 0 bridgehead atoms. The summed E-state index contributed by atoms with van der Waals surface area (Å²) in [6.45, 7) is 3.87. The summed E-state index contributed by atoms with van der Waals surface area (Å²) in [5.74, 6) is 0. The lowest BCUT2D eigenvalue weighted by atomic mass is 9.81. The number of rotatable bonds is 1. The summed E-state index contributed by atoms with van der Waals surface area (Å²) in [5.41, 5.74) is 7.97. The van der Waals surface area contributed by atoms with Gasteiger partial charge in [0.25, 0.3) is 0 Å². The molecular formula is C10H13NO. The van der Waals surface area contributed by atoms with E-state index in [4.69, 9.17) is 10.5 Å². The van der Waals surface area contributed by atoms with Crippen LogP contribution < -0.4 is 5.73 Å². The van der Waals surface area contributed by atoms with E-state index in [1.807, 2.05) is 12.1 Å². The monoisotopic (exact) mass is 163 g/mol. The fraction of sp³-hybridized carbons (Fsp3) is 0.400. The molecule has 1 aromatic rings. The first-order valence-corrected chi connectivity index (χ1v) is 4.14. The molecule has 2 N–H and O–H groups in total. The second kappa shape index (κ2) is 2.49. The Morgan fingerprint density at radius 1 is 1.25 bits per heavy atom. The van der Waals surface area contributed by atoms with Crippen molar-refractivity contribution >= 4 is 5.69 Å². The van der Waals surface area contributed by atoms with Crippen LogP contribution >= 0.6 is 0 Å². The van der Waals surface area contributed by atoms with E-state index in [9.17, 15) is 0 Å². The molecule has 64 valence electrons. The fourth-order valence-corrected chi connectivity index (χ4v) is 1.46. The first-order chi connectivity index (χ1) is 5.71. The Balaban J connectivity index is 2.28. The Labute approximate surface area is 72.3 Å². The Kier molecular flexibility index (Phi) is 1.58. The molecule has 12 heavy (non-hydrogen) atoms. The van der Waals surface area contributed by atoms with E-state index in [-0.39, 0.29) is 5.41 Å². The minimum Gasteiger partial charge on any atom is -0.399 e. The van der Waals surface area contributed by atoms with Crippen LogP contribution in [0.2, 0.25) is 0 Å². The molecular weight excluding hydrogens is 150 g/mol. The standard InChI is InChI=1S/C10H13NO/c1-10(6-12-7-10)8-2-4-9(11)5-3-8/h2-5H,6-7,11H2,1H3. The summed E-state index contributed by atoms with van der Waals surface area (Å²) in [5, 5.41) is 0. The van der Waals surface area contributed by atoms with Gasteiger partial charge in [0.2, 0.25) is 0 Å². The van der Waals surface area contributed by atoms with E-state index in [0.717, 1.165) is 18.9 Å². The minimum atomic E-state index is 0.230. The van der Waals surface area contributed by atoms with E-state index in [1.165, 1.54) is 5.56 Å². The van der Waals surface area contributed by atoms with Crippen LogP contribution in [0.15, 0.2) is 24.3 Å². The van der Waals surface area contributed by atoms with Crippen LogP contribution in [0.1, 0.15) is 12.5 Å². The number of nitrogen functional groups attached to an aromatic ring is 1. The highest BCUT2D eigenvalue weighted by Gasteiger charge is 2.34. The molecule has 2 rings (SSSR count). The molecule has 0 atom stereocenters. The zero-order chi connectivity index (χ0) is 8.60. The number of hydrogen-bond acceptors (Lipinski definition) is 2. The maximum Gasteiger partial charge on any atom is 0.0582 e. The average molecular weight is 163 g/mol. The maximum atomic E-state index is 5.60. The van der Waals surface area contributed by atoms with Crippen LogP contribution in [0.5, 0.6) is 0 Å². The van der Waals surface area contributed by atoms with Gasteiger partial charge in [0.15, 0.2) is 0 Å². The average Bonchev–Trinajstić information content (AvgIpc) is 2.02. The van der Waals surface area contributed by atoms with Gasteiger partial charge in [-0.1, -0.05) is 19.1 Å². The first-order valence-electron chi connectivity index (χ1n) is 4.14. The van der Waals surface area contributed by atoms with Crippen LogP contribution in [0, 0.1) is 0 Å². The third-order valence-corrected chi connectivity index (χ3v) is 2.45. The highest BCUT2D eigenvalue weighted by atomic mass is 16.5. The molecule has 1 aliphatic rings. The Bertz CT molecular complexity index is 274. The van der Waals surface area contributed by atoms with Crippen LogP contribution in [0.3, 0.4) is 0 Å². The fourth-order valence-electron chi connectivity index (χ4n) is 1.46. The zero-order valence-corrected chi connectivity index (χ0v) is 7.21. The number of hydrogen-bond donors (Lipinski definition) is 1. The smallest absolute Gasteiger partial charge is 0.0582 e. The van der Waals surface area contributed by atoms with Crippen LogP contribution in [0.4, 0.5) is 5.69 Å². The second-order valence-electron chi connectivity index (χ2n) is 3.68.